The van der Waals surface area contributed by atoms with Gasteiger partial charge in [0.05, 0.1) is 30.7 Å². The van der Waals surface area contributed by atoms with Gasteiger partial charge in [-0.3, -0.25) is 9.59 Å². The van der Waals surface area contributed by atoms with Crippen molar-refractivity contribution >= 4 is 57.7 Å². The largest absolute Gasteiger partial charge is 0.380 e. The Morgan fingerprint density at radius 1 is 1.22 bits per heavy atom. The third-order valence-corrected chi connectivity index (χ3v) is 7.22. The number of nitrogens with zero attached hydrogens (tertiary/aromatic N) is 5. The number of hydrogen-bond acceptors (Lipinski definition) is 8. The van der Waals surface area contributed by atoms with E-state index in [2.05, 4.69) is 27.6 Å². The summed E-state index contributed by atoms with van der Waals surface area (Å²) in [6.07, 6.45) is 2.94. The lowest BCUT2D eigenvalue weighted by molar-refractivity contribution is -0.126. The van der Waals surface area contributed by atoms with Gasteiger partial charge in [0, 0.05) is 49.1 Å². The van der Waals surface area contributed by atoms with Crippen LogP contribution in [0.1, 0.15) is 26.7 Å². The molecule has 0 spiro atoms. The first kappa shape index (κ1) is 27.2. The zero-order valence-electron chi connectivity index (χ0n) is 21.1. The molecule has 10 nitrogen and oxygen atoms in total. The molecule has 1 saturated heterocycles. The van der Waals surface area contributed by atoms with Crippen LogP contribution in [0.25, 0.3) is 11.0 Å². The molecule has 2 amide bonds. The average molecular weight is 546 g/mol. The van der Waals surface area contributed by atoms with Crippen molar-refractivity contribution in [1.29, 1.82) is 0 Å². The van der Waals surface area contributed by atoms with E-state index in [0.717, 1.165) is 29.1 Å². The molecular weight excluding hydrogens is 514 g/mol. The summed E-state index contributed by atoms with van der Waals surface area (Å²) in [6, 6.07) is 7.06. The molecule has 3 aromatic rings. The van der Waals surface area contributed by atoms with Crippen molar-refractivity contribution in [2.45, 2.75) is 38.4 Å². The van der Waals surface area contributed by atoms with E-state index in [1.165, 1.54) is 0 Å². The lowest BCUT2D eigenvalue weighted by Gasteiger charge is -2.16. The van der Waals surface area contributed by atoms with Gasteiger partial charge in [0.15, 0.2) is 10.8 Å². The Morgan fingerprint density at radius 2 is 2.03 bits per heavy atom. The minimum atomic E-state index is -0.405. The molecule has 1 aliphatic rings. The van der Waals surface area contributed by atoms with Gasteiger partial charge in [0.2, 0.25) is 11.8 Å². The van der Waals surface area contributed by atoms with Crippen LogP contribution in [-0.2, 0) is 20.9 Å². The Morgan fingerprint density at radius 3 is 2.78 bits per heavy atom. The number of halogens is 1. The van der Waals surface area contributed by atoms with Crippen LogP contribution >= 0.6 is 23.4 Å². The summed E-state index contributed by atoms with van der Waals surface area (Å²) in [5.74, 6) is 1.02. The molecule has 1 fully saturated rings. The normalized spacial score (nSPS) is 15.5. The first-order valence-corrected chi connectivity index (χ1v) is 13.9. The average Bonchev–Trinajstić information content (AvgIpc) is 3.49. The number of carbonyl (C=O) groups excluding carboxylic acids is 2. The summed E-state index contributed by atoms with van der Waals surface area (Å²) < 4.78 is 7.21. The lowest BCUT2D eigenvalue weighted by atomic mass is 10.1. The van der Waals surface area contributed by atoms with Crippen molar-refractivity contribution in [1.82, 2.24) is 25.1 Å². The molecule has 4 rings (SSSR count). The van der Waals surface area contributed by atoms with Crippen molar-refractivity contribution in [2.75, 3.05) is 48.8 Å². The first-order chi connectivity index (χ1) is 18.0. The number of hydrogen-bond donors (Lipinski definition) is 2. The highest BCUT2D eigenvalue weighted by Gasteiger charge is 2.35. The monoisotopic (exact) mass is 545 g/mol. The minimum absolute atomic E-state index is 0.0706. The summed E-state index contributed by atoms with van der Waals surface area (Å²) in [4.78, 5) is 36.3. The van der Waals surface area contributed by atoms with E-state index in [4.69, 9.17) is 21.3 Å². The highest BCUT2D eigenvalue weighted by molar-refractivity contribution is 7.99. The molecule has 0 aliphatic carbocycles. The SMILES string of the molecule is CCCSc1nc(NCCOCC)c2cnn(CCNC(=O)C3CC(=O)N(c4ccc(Cl)cc4)C3)c2n1. The summed E-state index contributed by atoms with van der Waals surface area (Å²) in [6.45, 7) is 7.12. The number of ether oxygens (including phenoxy) is 1. The summed E-state index contributed by atoms with van der Waals surface area (Å²) in [5.41, 5.74) is 1.46. The number of rotatable bonds is 13. The zero-order valence-corrected chi connectivity index (χ0v) is 22.6. The molecule has 1 atom stereocenters. The number of nitrogens with one attached hydrogen (secondary N) is 2. The van der Waals surface area contributed by atoms with Gasteiger partial charge >= 0.3 is 0 Å². The van der Waals surface area contributed by atoms with Crippen LogP contribution in [0.4, 0.5) is 11.5 Å². The molecule has 0 bridgehead atoms. The molecule has 2 aromatic heterocycles. The van der Waals surface area contributed by atoms with Gasteiger partial charge in [0.1, 0.15) is 5.82 Å². The van der Waals surface area contributed by atoms with Gasteiger partial charge in [-0.25, -0.2) is 14.6 Å². The van der Waals surface area contributed by atoms with Gasteiger partial charge in [-0.15, -0.1) is 0 Å². The third kappa shape index (κ3) is 6.91. The number of thioether (sulfide) groups is 1. The van der Waals surface area contributed by atoms with Gasteiger partial charge < -0.3 is 20.3 Å². The molecule has 0 radical (unpaired) electrons. The van der Waals surface area contributed by atoms with E-state index < -0.39 is 5.92 Å². The minimum Gasteiger partial charge on any atom is -0.380 e. The van der Waals surface area contributed by atoms with Crippen LogP contribution in [0.15, 0.2) is 35.6 Å². The Kier molecular flexibility index (Phi) is 9.59. The zero-order chi connectivity index (χ0) is 26.2. The van der Waals surface area contributed by atoms with E-state index in [1.54, 1.807) is 51.8 Å². The fourth-order valence-corrected chi connectivity index (χ4v) is 4.88. The molecule has 1 aromatic carbocycles. The highest BCUT2D eigenvalue weighted by Crippen LogP contribution is 2.27. The Labute approximate surface area is 225 Å². The van der Waals surface area contributed by atoms with Crippen molar-refractivity contribution in [3.63, 3.8) is 0 Å². The molecule has 2 N–H and O–H groups in total. The van der Waals surface area contributed by atoms with Gasteiger partial charge in [-0.2, -0.15) is 5.10 Å². The second-order valence-electron chi connectivity index (χ2n) is 8.60. The van der Waals surface area contributed by atoms with Crippen LogP contribution in [0.2, 0.25) is 5.02 Å². The second-order valence-corrected chi connectivity index (χ2v) is 10.1. The van der Waals surface area contributed by atoms with Crippen molar-refractivity contribution < 1.29 is 14.3 Å². The molecule has 1 aliphatic heterocycles. The molecule has 3 heterocycles. The van der Waals surface area contributed by atoms with Gasteiger partial charge in [-0.05, 0) is 37.6 Å². The van der Waals surface area contributed by atoms with Gasteiger partial charge in [-0.1, -0.05) is 30.3 Å². The van der Waals surface area contributed by atoms with E-state index in [1.807, 2.05) is 6.92 Å². The van der Waals surface area contributed by atoms with Crippen LogP contribution < -0.4 is 15.5 Å². The smallest absolute Gasteiger partial charge is 0.227 e. The third-order valence-electron chi connectivity index (χ3n) is 5.91. The summed E-state index contributed by atoms with van der Waals surface area (Å²) in [5, 5.41) is 12.9. The number of fused-ring (bicyclic) bond motifs is 1. The van der Waals surface area contributed by atoms with Crippen molar-refractivity contribution in [3.8, 4) is 0 Å². The van der Waals surface area contributed by atoms with Gasteiger partial charge in [0.25, 0.3) is 0 Å². The number of aromatic nitrogens is 4. The van der Waals surface area contributed by atoms with Crippen LogP contribution in [0.5, 0.6) is 0 Å². The molecule has 198 valence electrons. The number of benzene rings is 1. The fourth-order valence-electron chi connectivity index (χ4n) is 4.06. The quantitative estimate of drug-likeness (QED) is 0.190. The number of carbonyl (C=O) groups is 2. The second kappa shape index (κ2) is 13.1. The molecule has 37 heavy (non-hydrogen) atoms. The summed E-state index contributed by atoms with van der Waals surface area (Å²) in [7, 11) is 0. The van der Waals surface area contributed by atoms with Crippen LogP contribution in [0, 0.1) is 5.92 Å². The molecule has 12 heteroatoms. The van der Waals surface area contributed by atoms with Crippen molar-refractivity contribution in [3.05, 3.63) is 35.5 Å². The van der Waals surface area contributed by atoms with E-state index in [9.17, 15) is 9.59 Å². The maximum atomic E-state index is 12.8. The Bertz CT molecular complexity index is 1220. The number of anilines is 2. The molecule has 0 saturated carbocycles. The van der Waals surface area contributed by atoms with Crippen molar-refractivity contribution in [2.24, 2.45) is 5.92 Å². The highest BCUT2D eigenvalue weighted by atomic mass is 35.5. The Balaban J connectivity index is 1.38. The topological polar surface area (TPSA) is 114 Å². The fraction of sp³-hybridized carbons (Fsp3) is 0.480. The predicted molar refractivity (Wildman–Crippen MR) is 146 cm³/mol. The predicted octanol–water partition coefficient (Wildman–Crippen LogP) is 3.60. The molecule has 1 unspecified atom stereocenters. The van der Waals surface area contributed by atoms with Crippen LogP contribution in [0.3, 0.4) is 0 Å². The standard InChI is InChI=1S/C25H32ClN7O3S/c1-3-13-37-25-30-22(27-10-12-36-4-2)20-15-29-33(23(20)31-25)11-9-28-24(35)17-14-21(34)32(16-17)19-7-5-18(26)6-8-19/h5-8,15,17H,3-4,9-14,16H2,1-2H3,(H,28,35)(H,27,30,31). The number of amides is 2. The Hall–Kier alpha value is -2.89. The van der Waals surface area contributed by atoms with Crippen LogP contribution in [-0.4, -0.2) is 70.2 Å². The maximum Gasteiger partial charge on any atom is 0.227 e. The lowest BCUT2D eigenvalue weighted by Crippen LogP contribution is -2.35. The molecular formula is C25H32ClN7O3S. The summed E-state index contributed by atoms with van der Waals surface area (Å²) >= 11 is 7.55. The van der Waals surface area contributed by atoms with E-state index in [0.29, 0.717) is 55.2 Å². The van der Waals surface area contributed by atoms with E-state index >= 15 is 0 Å². The van der Waals surface area contributed by atoms with E-state index in [-0.39, 0.29) is 18.2 Å². The first-order valence-electron chi connectivity index (χ1n) is 12.5. The maximum absolute atomic E-state index is 12.8.